The first-order valence-electron chi connectivity index (χ1n) is 4.68. The van der Waals surface area contributed by atoms with Gasteiger partial charge in [-0.1, -0.05) is 6.42 Å². The zero-order valence-electron chi connectivity index (χ0n) is 7.05. The van der Waals surface area contributed by atoms with Crippen molar-refractivity contribution >= 4 is 0 Å². The minimum absolute atomic E-state index is 0.329. The number of likely N-dealkylation sites (tertiary alicyclic amines) is 1. The molecule has 2 fully saturated rings. The molecule has 2 rings (SSSR count). The SMILES string of the molecule is OCCN1CCC2(CCC2)C1. The molecule has 1 heterocycles. The number of hydrogen-bond acceptors (Lipinski definition) is 2. The first-order valence-corrected chi connectivity index (χ1v) is 4.68. The number of aliphatic hydroxyl groups is 1. The summed E-state index contributed by atoms with van der Waals surface area (Å²) in [5, 5.41) is 8.75. The highest BCUT2D eigenvalue weighted by Crippen LogP contribution is 2.47. The Kier molecular flexibility index (Phi) is 1.90. The van der Waals surface area contributed by atoms with E-state index >= 15 is 0 Å². The van der Waals surface area contributed by atoms with E-state index in [1.165, 1.54) is 38.8 Å². The van der Waals surface area contributed by atoms with E-state index in [1.807, 2.05) is 0 Å². The second kappa shape index (κ2) is 2.76. The lowest BCUT2D eigenvalue weighted by atomic mass is 9.68. The molecule has 1 saturated heterocycles. The van der Waals surface area contributed by atoms with Crippen LogP contribution in [-0.4, -0.2) is 36.2 Å². The highest BCUT2D eigenvalue weighted by Gasteiger charge is 2.42. The first-order chi connectivity index (χ1) is 5.35. The molecule has 0 amide bonds. The van der Waals surface area contributed by atoms with Crippen LogP contribution in [0.5, 0.6) is 0 Å². The molecule has 1 spiro atoms. The molecular weight excluding hydrogens is 138 g/mol. The van der Waals surface area contributed by atoms with E-state index in [0.29, 0.717) is 12.0 Å². The fraction of sp³-hybridized carbons (Fsp3) is 1.00. The maximum Gasteiger partial charge on any atom is 0.0558 e. The Labute approximate surface area is 68.2 Å². The van der Waals surface area contributed by atoms with Crippen LogP contribution in [0.4, 0.5) is 0 Å². The summed E-state index contributed by atoms with van der Waals surface area (Å²) in [6.07, 6.45) is 5.70. The monoisotopic (exact) mass is 155 g/mol. The van der Waals surface area contributed by atoms with Crippen LogP contribution in [-0.2, 0) is 0 Å². The number of rotatable bonds is 2. The second-order valence-corrected chi connectivity index (χ2v) is 4.10. The van der Waals surface area contributed by atoms with Gasteiger partial charge in [-0.05, 0) is 31.2 Å². The average molecular weight is 155 g/mol. The molecule has 0 aromatic carbocycles. The van der Waals surface area contributed by atoms with Crippen molar-refractivity contribution in [1.82, 2.24) is 4.90 Å². The zero-order chi connectivity index (χ0) is 7.73. The highest BCUT2D eigenvalue weighted by atomic mass is 16.3. The van der Waals surface area contributed by atoms with Crippen molar-refractivity contribution in [2.24, 2.45) is 5.41 Å². The van der Waals surface area contributed by atoms with Crippen LogP contribution >= 0.6 is 0 Å². The molecule has 1 aliphatic carbocycles. The summed E-state index contributed by atoms with van der Waals surface area (Å²) >= 11 is 0. The fourth-order valence-electron chi connectivity index (χ4n) is 2.44. The first kappa shape index (κ1) is 7.56. The van der Waals surface area contributed by atoms with Crippen LogP contribution in [0.2, 0.25) is 0 Å². The molecule has 0 radical (unpaired) electrons. The van der Waals surface area contributed by atoms with Crippen LogP contribution in [0.1, 0.15) is 25.7 Å². The van der Waals surface area contributed by atoms with Gasteiger partial charge in [0.25, 0.3) is 0 Å². The average Bonchev–Trinajstić information content (AvgIpc) is 2.32. The van der Waals surface area contributed by atoms with Crippen LogP contribution in [0.15, 0.2) is 0 Å². The normalized spacial score (nSPS) is 29.2. The van der Waals surface area contributed by atoms with Gasteiger partial charge in [-0.3, -0.25) is 0 Å². The van der Waals surface area contributed by atoms with Crippen molar-refractivity contribution in [3.8, 4) is 0 Å². The van der Waals surface area contributed by atoms with Crippen LogP contribution < -0.4 is 0 Å². The maximum atomic E-state index is 8.75. The van der Waals surface area contributed by atoms with Gasteiger partial charge in [0.05, 0.1) is 6.61 Å². The molecule has 1 saturated carbocycles. The van der Waals surface area contributed by atoms with Gasteiger partial charge in [0, 0.05) is 13.1 Å². The van der Waals surface area contributed by atoms with Gasteiger partial charge in [0.2, 0.25) is 0 Å². The van der Waals surface area contributed by atoms with Crippen molar-refractivity contribution in [1.29, 1.82) is 0 Å². The summed E-state index contributed by atoms with van der Waals surface area (Å²) in [6.45, 7) is 3.70. The number of aliphatic hydroxyl groups excluding tert-OH is 1. The summed E-state index contributed by atoms with van der Waals surface area (Å²) in [5.74, 6) is 0. The molecule has 0 unspecified atom stereocenters. The van der Waals surface area contributed by atoms with Crippen molar-refractivity contribution in [3.05, 3.63) is 0 Å². The van der Waals surface area contributed by atoms with Crippen molar-refractivity contribution in [2.45, 2.75) is 25.7 Å². The molecular formula is C9H17NO. The fourth-order valence-corrected chi connectivity index (χ4v) is 2.44. The molecule has 0 bridgehead atoms. The highest BCUT2D eigenvalue weighted by molar-refractivity contribution is 4.95. The summed E-state index contributed by atoms with van der Waals surface area (Å²) in [4.78, 5) is 2.40. The van der Waals surface area contributed by atoms with E-state index in [-0.39, 0.29) is 0 Å². The van der Waals surface area contributed by atoms with E-state index in [9.17, 15) is 0 Å². The van der Waals surface area contributed by atoms with E-state index in [2.05, 4.69) is 4.90 Å². The van der Waals surface area contributed by atoms with E-state index in [1.54, 1.807) is 0 Å². The minimum atomic E-state index is 0.329. The number of hydrogen-bond donors (Lipinski definition) is 1. The van der Waals surface area contributed by atoms with Crippen molar-refractivity contribution in [2.75, 3.05) is 26.2 Å². The van der Waals surface area contributed by atoms with Crippen molar-refractivity contribution in [3.63, 3.8) is 0 Å². The van der Waals surface area contributed by atoms with Gasteiger partial charge < -0.3 is 10.0 Å². The predicted octanol–water partition coefficient (Wildman–Crippen LogP) is 0.855. The third-order valence-electron chi connectivity index (χ3n) is 3.35. The van der Waals surface area contributed by atoms with Gasteiger partial charge in [-0.2, -0.15) is 0 Å². The minimum Gasteiger partial charge on any atom is -0.395 e. The summed E-state index contributed by atoms with van der Waals surface area (Å²) in [5.41, 5.74) is 0.704. The zero-order valence-corrected chi connectivity index (χ0v) is 7.05. The Morgan fingerprint density at radius 2 is 2.09 bits per heavy atom. The Morgan fingerprint density at radius 1 is 1.27 bits per heavy atom. The Morgan fingerprint density at radius 3 is 2.55 bits per heavy atom. The van der Waals surface area contributed by atoms with Gasteiger partial charge in [0.1, 0.15) is 0 Å². The van der Waals surface area contributed by atoms with Gasteiger partial charge >= 0.3 is 0 Å². The molecule has 0 aromatic heterocycles. The summed E-state index contributed by atoms with van der Waals surface area (Å²) in [7, 11) is 0. The second-order valence-electron chi connectivity index (χ2n) is 4.10. The van der Waals surface area contributed by atoms with Gasteiger partial charge in [-0.25, -0.2) is 0 Å². The lowest BCUT2D eigenvalue weighted by Gasteiger charge is -2.38. The Balaban J connectivity index is 1.83. The third kappa shape index (κ3) is 1.30. The largest absolute Gasteiger partial charge is 0.395 e. The van der Waals surface area contributed by atoms with Gasteiger partial charge in [-0.15, -0.1) is 0 Å². The van der Waals surface area contributed by atoms with E-state index < -0.39 is 0 Å². The number of β-amino-alcohol motifs (C(OH)–C–C–N with tert-alkyl or cyclic N) is 1. The van der Waals surface area contributed by atoms with E-state index in [0.717, 1.165) is 6.54 Å². The molecule has 1 aliphatic heterocycles. The quantitative estimate of drug-likeness (QED) is 0.639. The molecule has 11 heavy (non-hydrogen) atoms. The molecule has 2 nitrogen and oxygen atoms in total. The molecule has 2 heteroatoms. The van der Waals surface area contributed by atoms with E-state index in [4.69, 9.17) is 5.11 Å². The third-order valence-corrected chi connectivity index (χ3v) is 3.35. The maximum absolute atomic E-state index is 8.75. The lowest BCUT2D eigenvalue weighted by Crippen LogP contribution is -2.34. The molecule has 1 N–H and O–H groups in total. The molecule has 0 aromatic rings. The predicted molar refractivity (Wildman–Crippen MR) is 44.4 cm³/mol. The van der Waals surface area contributed by atoms with Crippen LogP contribution in [0, 0.1) is 5.41 Å². The van der Waals surface area contributed by atoms with Crippen LogP contribution in [0.25, 0.3) is 0 Å². The van der Waals surface area contributed by atoms with Crippen LogP contribution in [0.3, 0.4) is 0 Å². The summed E-state index contributed by atoms with van der Waals surface area (Å²) in [6, 6.07) is 0. The molecule has 64 valence electrons. The van der Waals surface area contributed by atoms with Crippen molar-refractivity contribution < 1.29 is 5.11 Å². The lowest BCUT2D eigenvalue weighted by molar-refractivity contribution is 0.130. The topological polar surface area (TPSA) is 23.5 Å². The number of nitrogens with zero attached hydrogens (tertiary/aromatic N) is 1. The summed E-state index contributed by atoms with van der Waals surface area (Å²) < 4.78 is 0. The smallest absolute Gasteiger partial charge is 0.0558 e. The van der Waals surface area contributed by atoms with Gasteiger partial charge in [0.15, 0.2) is 0 Å². The Bertz CT molecular complexity index is 142. The molecule has 2 aliphatic rings. The Hall–Kier alpha value is -0.0800. The standard InChI is InChI=1S/C9H17NO/c11-7-6-10-5-4-9(8-10)2-1-3-9/h11H,1-8H2. The molecule has 0 atom stereocenters.